The molecule has 0 atom stereocenters. The van der Waals surface area contributed by atoms with Crippen LogP contribution >= 0.6 is 0 Å². The average molecular weight is 366 g/mol. The molecule has 0 saturated heterocycles. The zero-order valence-corrected chi connectivity index (χ0v) is 15.4. The van der Waals surface area contributed by atoms with Crippen LogP contribution in [0.25, 0.3) is 5.57 Å². The largest absolute Gasteiger partial charge is 0.289 e. The number of benzene rings is 3. The first-order valence-corrected chi connectivity index (χ1v) is 9.23. The third-order valence-electron chi connectivity index (χ3n) is 5.03. The minimum absolute atomic E-state index is 0.0563. The number of carbonyl (C=O) groups is 3. The number of hydrogen-bond acceptors (Lipinski definition) is 3. The molecule has 0 saturated carbocycles. The highest BCUT2D eigenvalue weighted by Crippen LogP contribution is 2.34. The van der Waals surface area contributed by atoms with Crippen molar-refractivity contribution in [1.29, 1.82) is 0 Å². The highest BCUT2D eigenvalue weighted by molar-refractivity contribution is 6.49. The number of allylic oxidation sites excluding steroid dienone is 2. The van der Waals surface area contributed by atoms with Crippen LogP contribution in [0, 0.1) is 0 Å². The fraction of sp³-hybridized carbons (Fsp3) is 0.0800. The Balaban J connectivity index is 1.94. The first kappa shape index (κ1) is 17.8. The van der Waals surface area contributed by atoms with Gasteiger partial charge < -0.3 is 0 Å². The zero-order chi connectivity index (χ0) is 19.7. The second-order valence-corrected chi connectivity index (χ2v) is 6.70. The second kappa shape index (κ2) is 7.20. The molecule has 0 fully saturated rings. The van der Waals surface area contributed by atoms with E-state index in [1.807, 2.05) is 25.1 Å². The summed E-state index contributed by atoms with van der Waals surface area (Å²) in [6, 6.07) is 22.8. The molecule has 0 heterocycles. The molecule has 1 aliphatic carbocycles. The first-order chi connectivity index (χ1) is 13.6. The van der Waals surface area contributed by atoms with Gasteiger partial charge in [0.25, 0.3) is 0 Å². The highest BCUT2D eigenvalue weighted by atomic mass is 16.2. The summed E-state index contributed by atoms with van der Waals surface area (Å²) < 4.78 is 0. The van der Waals surface area contributed by atoms with E-state index in [0.717, 1.165) is 12.0 Å². The SMILES string of the molecule is CCc1ccc(C(=O)C2=C(c3ccccc3)C(=O)c3ccccc3C2=O)cc1. The summed E-state index contributed by atoms with van der Waals surface area (Å²) >= 11 is 0. The summed E-state index contributed by atoms with van der Waals surface area (Å²) in [5.41, 5.74) is 2.81. The van der Waals surface area contributed by atoms with Gasteiger partial charge in [-0.1, -0.05) is 85.8 Å². The summed E-state index contributed by atoms with van der Waals surface area (Å²) in [4.78, 5) is 39.8. The Bertz CT molecular complexity index is 1120. The van der Waals surface area contributed by atoms with Gasteiger partial charge in [0.1, 0.15) is 0 Å². The van der Waals surface area contributed by atoms with Crippen molar-refractivity contribution in [1.82, 2.24) is 0 Å². The standard InChI is InChI=1S/C25H18O3/c1-2-16-12-14-18(15-13-16)23(26)22-21(17-8-4-3-5-9-17)24(27)19-10-6-7-11-20(19)25(22)28/h3-15H,2H2,1H3. The van der Waals surface area contributed by atoms with Crippen LogP contribution in [0.4, 0.5) is 0 Å². The van der Waals surface area contributed by atoms with Crippen LogP contribution in [0.2, 0.25) is 0 Å². The number of rotatable bonds is 4. The van der Waals surface area contributed by atoms with Gasteiger partial charge in [-0.25, -0.2) is 0 Å². The average Bonchev–Trinajstić information content (AvgIpc) is 2.76. The Morgan fingerprint density at radius 1 is 0.714 bits per heavy atom. The zero-order valence-electron chi connectivity index (χ0n) is 15.4. The van der Waals surface area contributed by atoms with E-state index in [1.165, 1.54) is 0 Å². The first-order valence-electron chi connectivity index (χ1n) is 9.23. The number of Topliss-reactive ketones (excluding diaryl/α,β-unsaturated/α-hetero) is 3. The van der Waals surface area contributed by atoms with E-state index in [1.54, 1.807) is 60.7 Å². The lowest BCUT2D eigenvalue weighted by molar-refractivity contribution is 0.0940. The van der Waals surface area contributed by atoms with Gasteiger partial charge in [-0.3, -0.25) is 14.4 Å². The van der Waals surface area contributed by atoms with Crippen LogP contribution in [0.5, 0.6) is 0 Å². The summed E-state index contributed by atoms with van der Waals surface area (Å²) in [6.45, 7) is 2.03. The van der Waals surface area contributed by atoms with Crippen molar-refractivity contribution in [3.05, 3.63) is 112 Å². The van der Waals surface area contributed by atoms with Crippen LogP contribution in [0.1, 0.15) is 49.1 Å². The number of ketones is 3. The Morgan fingerprint density at radius 3 is 1.89 bits per heavy atom. The summed E-state index contributed by atoms with van der Waals surface area (Å²) in [5, 5.41) is 0. The van der Waals surface area contributed by atoms with E-state index in [2.05, 4.69) is 0 Å². The molecule has 1 aliphatic rings. The third-order valence-corrected chi connectivity index (χ3v) is 5.03. The van der Waals surface area contributed by atoms with Crippen molar-refractivity contribution in [3.63, 3.8) is 0 Å². The molecule has 0 aromatic heterocycles. The third kappa shape index (κ3) is 2.91. The maximum Gasteiger partial charge on any atom is 0.198 e. The predicted molar refractivity (Wildman–Crippen MR) is 109 cm³/mol. The maximum absolute atomic E-state index is 13.3. The second-order valence-electron chi connectivity index (χ2n) is 6.70. The number of carbonyl (C=O) groups excluding carboxylic acids is 3. The summed E-state index contributed by atoms with van der Waals surface area (Å²) in [7, 11) is 0. The Morgan fingerprint density at radius 2 is 1.29 bits per heavy atom. The summed E-state index contributed by atoms with van der Waals surface area (Å²) in [5.74, 6) is -1.12. The number of aryl methyl sites for hydroxylation is 1. The van der Waals surface area contributed by atoms with Gasteiger partial charge in [0.05, 0.1) is 5.57 Å². The molecule has 28 heavy (non-hydrogen) atoms. The lowest BCUT2D eigenvalue weighted by atomic mass is 9.78. The maximum atomic E-state index is 13.3. The van der Waals surface area contributed by atoms with E-state index < -0.39 is 11.6 Å². The molecule has 0 bridgehead atoms. The molecule has 136 valence electrons. The molecule has 3 aromatic carbocycles. The Labute approximate surface area is 163 Å². The van der Waals surface area contributed by atoms with E-state index in [4.69, 9.17) is 0 Å². The fourth-order valence-corrected chi connectivity index (χ4v) is 3.51. The molecule has 0 spiro atoms. The molecule has 4 rings (SSSR count). The van der Waals surface area contributed by atoms with Crippen LogP contribution in [0.3, 0.4) is 0 Å². The highest BCUT2D eigenvalue weighted by Gasteiger charge is 2.36. The van der Waals surface area contributed by atoms with Crippen molar-refractivity contribution < 1.29 is 14.4 Å². The molecule has 0 N–H and O–H groups in total. The fourth-order valence-electron chi connectivity index (χ4n) is 3.51. The molecule has 0 radical (unpaired) electrons. The van der Waals surface area contributed by atoms with E-state index >= 15 is 0 Å². The van der Waals surface area contributed by atoms with Gasteiger partial charge in [0.2, 0.25) is 0 Å². The van der Waals surface area contributed by atoms with E-state index in [9.17, 15) is 14.4 Å². The van der Waals surface area contributed by atoms with Gasteiger partial charge >= 0.3 is 0 Å². The van der Waals surface area contributed by atoms with Crippen molar-refractivity contribution in [2.75, 3.05) is 0 Å². The van der Waals surface area contributed by atoms with Gasteiger partial charge in [-0.2, -0.15) is 0 Å². The minimum atomic E-state index is -0.422. The Kier molecular flexibility index (Phi) is 4.58. The minimum Gasteiger partial charge on any atom is -0.289 e. The van der Waals surface area contributed by atoms with Gasteiger partial charge in [-0.15, -0.1) is 0 Å². The molecule has 0 aliphatic heterocycles. The molecule has 3 heteroatoms. The van der Waals surface area contributed by atoms with Gasteiger partial charge in [0.15, 0.2) is 17.3 Å². The van der Waals surface area contributed by atoms with Crippen LogP contribution in [0.15, 0.2) is 84.4 Å². The van der Waals surface area contributed by atoms with Gasteiger partial charge in [-0.05, 0) is 17.5 Å². The monoisotopic (exact) mass is 366 g/mol. The quantitative estimate of drug-likeness (QED) is 0.484. The molecular formula is C25H18O3. The van der Waals surface area contributed by atoms with Gasteiger partial charge in [0, 0.05) is 22.3 Å². The lowest BCUT2D eigenvalue weighted by Gasteiger charge is -2.20. The smallest absolute Gasteiger partial charge is 0.198 e. The molecule has 0 amide bonds. The van der Waals surface area contributed by atoms with Crippen LogP contribution in [-0.2, 0) is 6.42 Å². The van der Waals surface area contributed by atoms with E-state index in [0.29, 0.717) is 16.7 Å². The van der Waals surface area contributed by atoms with Crippen molar-refractivity contribution in [2.45, 2.75) is 13.3 Å². The molecule has 3 nitrogen and oxygen atoms in total. The predicted octanol–water partition coefficient (Wildman–Crippen LogP) is 4.96. The van der Waals surface area contributed by atoms with Crippen molar-refractivity contribution >= 4 is 22.9 Å². The molecule has 0 unspecified atom stereocenters. The molecular weight excluding hydrogens is 348 g/mol. The normalized spacial score (nSPS) is 13.5. The van der Waals surface area contributed by atoms with Crippen molar-refractivity contribution in [2.24, 2.45) is 0 Å². The number of hydrogen-bond donors (Lipinski definition) is 0. The molecule has 3 aromatic rings. The van der Waals surface area contributed by atoms with E-state index in [-0.39, 0.29) is 22.5 Å². The van der Waals surface area contributed by atoms with Crippen molar-refractivity contribution in [3.8, 4) is 0 Å². The Hall–Kier alpha value is -3.59. The van der Waals surface area contributed by atoms with Crippen LogP contribution in [-0.4, -0.2) is 17.3 Å². The van der Waals surface area contributed by atoms with Crippen LogP contribution < -0.4 is 0 Å². The number of fused-ring (bicyclic) bond motifs is 1. The topological polar surface area (TPSA) is 51.2 Å². The lowest BCUT2D eigenvalue weighted by Crippen LogP contribution is -2.26. The summed E-state index contributed by atoms with van der Waals surface area (Å²) in [6.07, 6.45) is 0.858.